The highest BCUT2D eigenvalue weighted by molar-refractivity contribution is 5.98. The molecule has 0 spiro atoms. The maximum Gasteiger partial charge on any atom is 0.256 e. The van der Waals surface area contributed by atoms with Crippen molar-refractivity contribution in [3.8, 4) is 11.8 Å². The van der Waals surface area contributed by atoms with E-state index in [4.69, 9.17) is 5.26 Å². The van der Waals surface area contributed by atoms with Crippen LogP contribution < -0.4 is 0 Å². The molecule has 0 N–H and O–H groups in total. The number of hydrogen-bond acceptors (Lipinski definition) is 5. The number of pyridine rings is 1. The van der Waals surface area contributed by atoms with E-state index in [0.717, 1.165) is 43.5 Å². The van der Waals surface area contributed by atoms with Crippen LogP contribution in [0.1, 0.15) is 53.4 Å². The molecule has 1 aliphatic rings. The van der Waals surface area contributed by atoms with E-state index in [1.165, 1.54) is 4.80 Å². The molecule has 0 bridgehead atoms. The predicted molar refractivity (Wildman–Crippen MR) is 117 cm³/mol. The summed E-state index contributed by atoms with van der Waals surface area (Å²) in [5.74, 6) is 0.438. The molecule has 7 nitrogen and oxygen atoms in total. The number of carbonyl (C=O) groups is 1. The van der Waals surface area contributed by atoms with Gasteiger partial charge in [-0.25, -0.2) is 0 Å². The lowest BCUT2D eigenvalue weighted by Gasteiger charge is -2.40. The van der Waals surface area contributed by atoms with Gasteiger partial charge in [0, 0.05) is 24.5 Å². The van der Waals surface area contributed by atoms with E-state index in [0.29, 0.717) is 22.7 Å². The number of benzene rings is 1. The van der Waals surface area contributed by atoms with E-state index in [2.05, 4.69) is 28.2 Å². The first-order valence-electron chi connectivity index (χ1n) is 10.7. The number of carbonyl (C=O) groups excluding carboxylic acids is 1. The van der Waals surface area contributed by atoms with Gasteiger partial charge in [0.1, 0.15) is 6.07 Å². The molecule has 3 aromatic rings. The molecule has 0 unspecified atom stereocenters. The fourth-order valence-corrected chi connectivity index (χ4v) is 4.37. The summed E-state index contributed by atoms with van der Waals surface area (Å²) in [5, 5.41) is 17.4. The summed E-state index contributed by atoms with van der Waals surface area (Å²) in [5.41, 5.74) is 3.87. The lowest BCUT2D eigenvalue weighted by atomic mass is 9.86. The Bertz CT molecular complexity index is 1080. The van der Waals surface area contributed by atoms with Gasteiger partial charge in [0.2, 0.25) is 0 Å². The van der Waals surface area contributed by atoms with Gasteiger partial charge < -0.3 is 4.90 Å². The number of aryl methyl sites for hydroxylation is 2. The maximum absolute atomic E-state index is 13.7. The smallest absolute Gasteiger partial charge is 0.256 e. The third-order valence-corrected chi connectivity index (χ3v) is 6.04. The van der Waals surface area contributed by atoms with Crippen molar-refractivity contribution < 1.29 is 4.79 Å². The molecule has 1 amide bonds. The second kappa shape index (κ2) is 9.09. The van der Waals surface area contributed by atoms with Crippen molar-refractivity contribution in [2.75, 3.05) is 6.54 Å². The van der Waals surface area contributed by atoms with Crippen molar-refractivity contribution in [1.29, 1.82) is 5.26 Å². The van der Waals surface area contributed by atoms with E-state index >= 15 is 0 Å². The zero-order valence-corrected chi connectivity index (χ0v) is 17.9. The van der Waals surface area contributed by atoms with Gasteiger partial charge >= 0.3 is 0 Å². The van der Waals surface area contributed by atoms with Crippen LogP contribution in [0.4, 0.5) is 0 Å². The Kier molecular flexibility index (Phi) is 6.08. The number of hydrogen-bond donors (Lipinski definition) is 0. The molecule has 0 radical (unpaired) electrons. The van der Waals surface area contributed by atoms with Crippen LogP contribution in [0.25, 0.3) is 5.69 Å². The molecular weight excluding hydrogens is 388 g/mol. The molecule has 7 heteroatoms. The van der Waals surface area contributed by atoms with Gasteiger partial charge in [0.05, 0.1) is 29.2 Å². The number of likely N-dealkylation sites (tertiary alicyclic amines) is 1. The number of nitrogens with zero attached hydrogens (tertiary/aromatic N) is 6. The van der Waals surface area contributed by atoms with Crippen LogP contribution in [0.3, 0.4) is 0 Å². The number of piperidine rings is 1. The lowest BCUT2D eigenvalue weighted by molar-refractivity contribution is 0.0498. The molecule has 3 heterocycles. The predicted octanol–water partition coefficient (Wildman–Crippen LogP) is 3.72. The highest BCUT2D eigenvalue weighted by Gasteiger charge is 2.33. The van der Waals surface area contributed by atoms with Gasteiger partial charge in [-0.1, -0.05) is 18.6 Å². The van der Waals surface area contributed by atoms with Gasteiger partial charge in [-0.2, -0.15) is 20.3 Å². The fourth-order valence-electron chi connectivity index (χ4n) is 4.37. The minimum Gasteiger partial charge on any atom is -0.335 e. The molecule has 2 atom stereocenters. The molecule has 158 valence electrons. The van der Waals surface area contributed by atoms with Gasteiger partial charge in [0.15, 0.2) is 0 Å². The molecule has 0 saturated carbocycles. The normalized spacial score (nSPS) is 18.5. The van der Waals surface area contributed by atoms with Crippen LogP contribution >= 0.6 is 0 Å². The Balaban J connectivity index is 1.58. The Hall–Kier alpha value is -3.53. The van der Waals surface area contributed by atoms with Crippen molar-refractivity contribution >= 4 is 5.91 Å². The fraction of sp³-hybridized carbons (Fsp3) is 0.375. The molecule has 0 aliphatic carbocycles. The summed E-state index contributed by atoms with van der Waals surface area (Å²) in [6.07, 6.45) is 8.56. The second-order valence-electron chi connectivity index (χ2n) is 8.21. The van der Waals surface area contributed by atoms with E-state index in [9.17, 15) is 4.79 Å². The monoisotopic (exact) mass is 414 g/mol. The molecule has 1 aliphatic heterocycles. The number of amides is 1. The zero-order chi connectivity index (χ0) is 21.8. The van der Waals surface area contributed by atoms with Gasteiger partial charge in [-0.05, 0) is 62.8 Å². The number of aromatic nitrogens is 4. The minimum absolute atomic E-state index is 0.0281. The van der Waals surface area contributed by atoms with Crippen molar-refractivity contribution in [3.63, 3.8) is 0 Å². The van der Waals surface area contributed by atoms with Crippen molar-refractivity contribution in [3.05, 3.63) is 71.3 Å². The van der Waals surface area contributed by atoms with Crippen LogP contribution in [0.5, 0.6) is 0 Å². The maximum atomic E-state index is 13.7. The van der Waals surface area contributed by atoms with Crippen molar-refractivity contribution in [2.45, 2.75) is 45.6 Å². The summed E-state index contributed by atoms with van der Waals surface area (Å²) in [6.45, 7) is 4.96. The summed E-state index contributed by atoms with van der Waals surface area (Å²) >= 11 is 0. The van der Waals surface area contributed by atoms with Crippen LogP contribution in [0.15, 0.2) is 48.9 Å². The van der Waals surface area contributed by atoms with Crippen LogP contribution in [-0.2, 0) is 6.42 Å². The Labute approximate surface area is 182 Å². The Morgan fingerprint density at radius 2 is 2.03 bits per heavy atom. The summed E-state index contributed by atoms with van der Waals surface area (Å²) in [7, 11) is 0. The summed E-state index contributed by atoms with van der Waals surface area (Å²) in [6, 6.07) is 11.8. The van der Waals surface area contributed by atoms with Crippen LogP contribution in [0.2, 0.25) is 0 Å². The highest BCUT2D eigenvalue weighted by Crippen LogP contribution is 2.29. The summed E-state index contributed by atoms with van der Waals surface area (Å²) < 4.78 is 0. The van der Waals surface area contributed by atoms with Gasteiger partial charge in [-0.3, -0.25) is 9.78 Å². The standard InChI is InChI=1S/C24H26N6O/c1-17-5-9-23(30-27-11-12-28-30)21(14-17)24(31)29-13-3-4-18(2)22(29)10-8-20-7-6-19(15-25)16-26-20/h5-7,9,11-12,14,16,18,22H,3-4,8,10,13H2,1-2H3/t18-,22-/m1/s1. The first-order chi connectivity index (χ1) is 15.1. The van der Waals surface area contributed by atoms with Gasteiger partial charge in [0.25, 0.3) is 5.91 Å². The average Bonchev–Trinajstić information content (AvgIpc) is 3.32. The Morgan fingerprint density at radius 3 is 2.74 bits per heavy atom. The van der Waals surface area contributed by atoms with Gasteiger partial charge in [-0.15, -0.1) is 0 Å². The lowest BCUT2D eigenvalue weighted by Crippen LogP contribution is -2.48. The number of nitriles is 1. The third kappa shape index (κ3) is 4.48. The zero-order valence-electron chi connectivity index (χ0n) is 17.9. The average molecular weight is 415 g/mol. The molecule has 4 rings (SSSR count). The van der Waals surface area contributed by atoms with Crippen LogP contribution in [-0.4, -0.2) is 43.4 Å². The van der Waals surface area contributed by atoms with Crippen LogP contribution in [0, 0.1) is 24.2 Å². The van der Waals surface area contributed by atoms with Crippen molar-refractivity contribution in [2.24, 2.45) is 5.92 Å². The minimum atomic E-state index is 0.0281. The quantitative estimate of drug-likeness (QED) is 0.635. The van der Waals surface area contributed by atoms with E-state index in [1.54, 1.807) is 24.7 Å². The molecule has 2 aromatic heterocycles. The highest BCUT2D eigenvalue weighted by atomic mass is 16.2. The molecule has 1 aromatic carbocycles. The second-order valence-corrected chi connectivity index (χ2v) is 8.21. The third-order valence-electron chi connectivity index (χ3n) is 6.04. The number of rotatable bonds is 5. The summed E-state index contributed by atoms with van der Waals surface area (Å²) in [4.78, 5) is 21.7. The SMILES string of the molecule is Cc1ccc(-n2nccn2)c(C(=O)N2CCC[C@@H](C)[C@H]2CCc2ccc(C#N)cn2)c1. The van der Waals surface area contributed by atoms with E-state index < -0.39 is 0 Å². The molecule has 31 heavy (non-hydrogen) atoms. The first kappa shape index (κ1) is 20.7. The topological polar surface area (TPSA) is 87.7 Å². The molecule has 1 fully saturated rings. The van der Waals surface area contributed by atoms with E-state index in [-0.39, 0.29) is 11.9 Å². The first-order valence-corrected chi connectivity index (χ1v) is 10.7. The molecular formula is C24H26N6O. The van der Waals surface area contributed by atoms with E-state index in [1.807, 2.05) is 36.1 Å². The Morgan fingerprint density at radius 1 is 1.23 bits per heavy atom. The molecule has 1 saturated heterocycles. The largest absolute Gasteiger partial charge is 0.335 e. The van der Waals surface area contributed by atoms with Crippen molar-refractivity contribution in [1.82, 2.24) is 24.9 Å².